The van der Waals surface area contributed by atoms with Gasteiger partial charge < -0.3 is 9.80 Å². The molecule has 0 aromatic carbocycles. The highest BCUT2D eigenvalue weighted by Gasteiger charge is 2.16. The fourth-order valence-electron chi connectivity index (χ4n) is 2.07. The van der Waals surface area contributed by atoms with Crippen LogP contribution in [0.2, 0.25) is 0 Å². The van der Waals surface area contributed by atoms with Crippen molar-refractivity contribution in [1.29, 1.82) is 0 Å². The molecule has 0 N–H and O–H groups in total. The van der Waals surface area contributed by atoms with Gasteiger partial charge in [0.2, 0.25) is 0 Å². The molecular weight excluding hydrogens is 186 g/mol. The van der Waals surface area contributed by atoms with Crippen LogP contribution in [0.15, 0.2) is 0 Å². The summed E-state index contributed by atoms with van der Waals surface area (Å²) in [4.78, 5) is 7.46. The van der Waals surface area contributed by atoms with Crippen molar-refractivity contribution < 1.29 is 0 Å². The van der Waals surface area contributed by atoms with E-state index in [1.54, 1.807) is 0 Å². The summed E-state index contributed by atoms with van der Waals surface area (Å²) in [6.07, 6.45) is 1.33. The Bertz CT molecular complexity index is 168. The van der Waals surface area contributed by atoms with Crippen LogP contribution in [0, 0.1) is 0 Å². The van der Waals surface area contributed by atoms with Gasteiger partial charge in [-0.15, -0.1) is 0 Å². The van der Waals surface area contributed by atoms with Crippen molar-refractivity contribution in [3.63, 3.8) is 0 Å². The fraction of sp³-hybridized carbons (Fsp3) is 1.00. The molecule has 0 aromatic heterocycles. The molecule has 0 spiro atoms. The van der Waals surface area contributed by atoms with Gasteiger partial charge in [-0.2, -0.15) is 0 Å². The van der Waals surface area contributed by atoms with Crippen LogP contribution in [0.5, 0.6) is 0 Å². The molecular formula is C12H27N3. The van der Waals surface area contributed by atoms with Crippen LogP contribution in [0.4, 0.5) is 0 Å². The van der Waals surface area contributed by atoms with E-state index in [-0.39, 0.29) is 0 Å². The molecule has 0 amide bonds. The van der Waals surface area contributed by atoms with E-state index >= 15 is 0 Å². The Morgan fingerprint density at radius 2 is 1.80 bits per heavy atom. The first-order valence-electron chi connectivity index (χ1n) is 6.20. The van der Waals surface area contributed by atoms with Crippen molar-refractivity contribution in [2.24, 2.45) is 0 Å². The molecule has 1 saturated heterocycles. The lowest BCUT2D eigenvalue weighted by Gasteiger charge is -2.25. The van der Waals surface area contributed by atoms with Crippen LogP contribution < -0.4 is 0 Å². The van der Waals surface area contributed by atoms with Crippen LogP contribution in [-0.2, 0) is 0 Å². The zero-order valence-electron chi connectivity index (χ0n) is 10.9. The average molecular weight is 213 g/mol. The van der Waals surface area contributed by atoms with E-state index in [1.807, 2.05) is 0 Å². The van der Waals surface area contributed by atoms with E-state index < -0.39 is 0 Å². The predicted molar refractivity (Wildman–Crippen MR) is 66.3 cm³/mol. The number of nitrogens with zero attached hydrogens (tertiary/aromatic N) is 3. The zero-order chi connectivity index (χ0) is 11.3. The molecule has 0 unspecified atom stereocenters. The highest BCUT2D eigenvalue weighted by atomic mass is 15.2. The maximum atomic E-state index is 2.60. The van der Waals surface area contributed by atoms with Gasteiger partial charge in [-0.25, -0.2) is 0 Å². The molecule has 15 heavy (non-hydrogen) atoms. The van der Waals surface area contributed by atoms with Crippen LogP contribution in [-0.4, -0.2) is 74.1 Å². The normalized spacial score (nSPS) is 21.2. The molecule has 3 nitrogen and oxygen atoms in total. The maximum Gasteiger partial charge on any atom is 0.0112 e. The van der Waals surface area contributed by atoms with Crippen molar-refractivity contribution in [1.82, 2.24) is 14.7 Å². The Labute approximate surface area is 95.0 Å². The summed E-state index contributed by atoms with van der Waals surface area (Å²) in [6.45, 7) is 12.0. The number of likely N-dealkylation sites (N-methyl/N-ethyl adjacent to an activating group) is 1. The van der Waals surface area contributed by atoms with E-state index in [4.69, 9.17) is 0 Å². The SMILES string of the molecule is CC(C)N1CCCN(CCN(C)C)CC1. The summed E-state index contributed by atoms with van der Waals surface area (Å²) in [5, 5.41) is 0. The van der Waals surface area contributed by atoms with Gasteiger partial charge in [-0.05, 0) is 47.5 Å². The molecule has 0 atom stereocenters. The third-order valence-electron chi connectivity index (χ3n) is 3.22. The zero-order valence-corrected chi connectivity index (χ0v) is 10.9. The summed E-state index contributed by atoms with van der Waals surface area (Å²) < 4.78 is 0. The first-order valence-corrected chi connectivity index (χ1v) is 6.20. The number of hydrogen-bond donors (Lipinski definition) is 0. The minimum atomic E-state index is 0.707. The van der Waals surface area contributed by atoms with Crippen molar-refractivity contribution in [3.8, 4) is 0 Å². The molecule has 0 radical (unpaired) electrons. The molecule has 3 heteroatoms. The molecule has 0 aromatic rings. The number of rotatable bonds is 4. The van der Waals surface area contributed by atoms with Crippen LogP contribution in [0.3, 0.4) is 0 Å². The molecule has 1 fully saturated rings. The second-order valence-corrected chi connectivity index (χ2v) is 5.13. The Balaban J connectivity index is 2.26. The Hall–Kier alpha value is -0.120. The number of hydrogen-bond acceptors (Lipinski definition) is 3. The van der Waals surface area contributed by atoms with Crippen LogP contribution >= 0.6 is 0 Å². The largest absolute Gasteiger partial charge is 0.308 e. The van der Waals surface area contributed by atoms with Gasteiger partial charge in [0.25, 0.3) is 0 Å². The first kappa shape index (κ1) is 12.9. The molecule has 1 rings (SSSR count). The van der Waals surface area contributed by atoms with E-state index in [0.29, 0.717) is 6.04 Å². The van der Waals surface area contributed by atoms with Crippen molar-refractivity contribution in [2.45, 2.75) is 26.3 Å². The van der Waals surface area contributed by atoms with E-state index in [1.165, 1.54) is 45.7 Å². The average Bonchev–Trinajstić information content (AvgIpc) is 2.39. The van der Waals surface area contributed by atoms with Crippen molar-refractivity contribution in [2.75, 3.05) is 53.4 Å². The second-order valence-electron chi connectivity index (χ2n) is 5.13. The third-order valence-corrected chi connectivity index (χ3v) is 3.22. The van der Waals surface area contributed by atoms with Gasteiger partial charge in [0.1, 0.15) is 0 Å². The van der Waals surface area contributed by atoms with Crippen LogP contribution in [0.1, 0.15) is 20.3 Å². The lowest BCUT2D eigenvalue weighted by atomic mass is 10.3. The smallest absolute Gasteiger partial charge is 0.0112 e. The van der Waals surface area contributed by atoms with Crippen molar-refractivity contribution in [3.05, 3.63) is 0 Å². The monoisotopic (exact) mass is 213 g/mol. The molecule has 90 valence electrons. The van der Waals surface area contributed by atoms with Crippen LogP contribution in [0.25, 0.3) is 0 Å². The highest BCUT2D eigenvalue weighted by molar-refractivity contribution is 4.72. The van der Waals surface area contributed by atoms with E-state index in [2.05, 4.69) is 42.6 Å². The third kappa shape index (κ3) is 4.96. The molecule has 1 heterocycles. The lowest BCUT2D eigenvalue weighted by molar-refractivity contribution is 0.213. The predicted octanol–water partition coefficient (Wildman–Crippen LogP) is 0.964. The maximum absolute atomic E-state index is 2.60. The van der Waals surface area contributed by atoms with Gasteiger partial charge >= 0.3 is 0 Å². The van der Waals surface area contributed by atoms with E-state index in [0.717, 1.165) is 0 Å². The Kier molecular flexibility index (Phi) is 5.58. The van der Waals surface area contributed by atoms with Gasteiger partial charge in [-0.1, -0.05) is 0 Å². The summed E-state index contributed by atoms with van der Waals surface area (Å²) >= 11 is 0. The minimum absolute atomic E-state index is 0.707. The Morgan fingerprint density at radius 1 is 1.07 bits per heavy atom. The summed E-state index contributed by atoms with van der Waals surface area (Å²) in [7, 11) is 4.30. The Morgan fingerprint density at radius 3 is 2.40 bits per heavy atom. The fourth-order valence-corrected chi connectivity index (χ4v) is 2.07. The van der Waals surface area contributed by atoms with Crippen molar-refractivity contribution >= 4 is 0 Å². The molecule has 0 saturated carbocycles. The van der Waals surface area contributed by atoms with Gasteiger partial charge in [0, 0.05) is 32.2 Å². The summed E-state index contributed by atoms with van der Waals surface area (Å²) in [5.41, 5.74) is 0. The van der Waals surface area contributed by atoms with Gasteiger partial charge in [0.05, 0.1) is 0 Å². The molecule has 1 aliphatic heterocycles. The molecule has 1 aliphatic rings. The minimum Gasteiger partial charge on any atom is -0.308 e. The standard InChI is InChI=1S/C12H27N3/c1-12(2)15-7-5-6-14(10-11-15)9-8-13(3)4/h12H,5-11H2,1-4H3. The van der Waals surface area contributed by atoms with Gasteiger partial charge in [-0.3, -0.25) is 4.90 Å². The highest BCUT2D eigenvalue weighted by Crippen LogP contribution is 2.06. The summed E-state index contributed by atoms with van der Waals surface area (Å²) in [6, 6.07) is 0.707. The van der Waals surface area contributed by atoms with E-state index in [9.17, 15) is 0 Å². The quantitative estimate of drug-likeness (QED) is 0.689. The lowest BCUT2D eigenvalue weighted by Crippen LogP contribution is -2.37. The first-order chi connectivity index (χ1) is 7.09. The summed E-state index contributed by atoms with van der Waals surface area (Å²) in [5.74, 6) is 0. The van der Waals surface area contributed by atoms with Gasteiger partial charge in [0.15, 0.2) is 0 Å². The second kappa shape index (κ2) is 6.46. The topological polar surface area (TPSA) is 9.72 Å². The molecule has 0 bridgehead atoms. The molecule has 0 aliphatic carbocycles.